The smallest absolute Gasteiger partial charge is 0.335 e. The number of aryl methyl sites for hydroxylation is 1. The number of aliphatic hydroxyl groups excluding tert-OH is 2. The van der Waals surface area contributed by atoms with Gasteiger partial charge in [0.1, 0.15) is 6.10 Å². The number of rotatable bonds is 6. The second-order valence-electron chi connectivity index (χ2n) is 4.40. The molecule has 0 spiro atoms. The van der Waals surface area contributed by atoms with E-state index in [1.165, 1.54) is 18.2 Å². The van der Waals surface area contributed by atoms with Crippen LogP contribution >= 0.6 is 0 Å². The van der Waals surface area contributed by atoms with Crippen molar-refractivity contribution >= 4 is 11.9 Å². The van der Waals surface area contributed by atoms with Crippen molar-refractivity contribution in [3.63, 3.8) is 0 Å². The maximum absolute atomic E-state index is 11.2. The molecule has 0 aliphatic rings. The van der Waals surface area contributed by atoms with Crippen molar-refractivity contribution in [3.05, 3.63) is 34.9 Å². The number of aromatic carboxylic acids is 1. The summed E-state index contributed by atoms with van der Waals surface area (Å²) in [5.41, 5.74) is 1.01. The Morgan fingerprint density at radius 2 is 1.95 bits per heavy atom. The molecule has 1 rings (SSSR count). The van der Waals surface area contributed by atoms with E-state index in [9.17, 15) is 19.8 Å². The Morgan fingerprint density at radius 1 is 1.30 bits per heavy atom. The fourth-order valence-electron chi connectivity index (χ4n) is 1.85. The zero-order valence-electron chi connectivity index (χ0n) is 11.4. The monoisotopic (exact) mass is 282 g/mol. The van der Waals surface area contributed by atoms with Crippen molar-refractivity contribution in [1.82, 2.24) is 0 Å². The van der Waals surface area contributed by atoms with Gasteiger partial charge in [0.2, 0.25) is 0 Å². The van der Waals surface area contributed by atoms with E-state index >= 15 is 0 Å². The Balaban J connectivity index is 2.83. The number of carboxylic acids is 1. The highest BCUT2D eigenvalue weighted by atomic mass is 16.5. The van der Waals surface area contributed by atoms with E-state index in [0.717, 1.165) is 0 Å². The van der Waals surface area contributed by atoms with Gasteiger partial charge in [-0.1, -0.05) is 6.07 Å². The molecule has 1 aromatic carbocycles. The number of carboxylic acid groups (broad SMARTS) is 1. The van der Waals surface area contributed by atoms with Crippen LogP contribution in [0, 0.1) is 6.92 Å². The molecule has 3 N–H and O–H groups in total. The number of ether oxygens (including phenoxy) is 1. The van der Waals surface area contributed by atoms with Crippen LogP contribution in [0.1, 0.15) is 40.9 Å². The minimum Gasteiger partial charge on any atom is -0.478 e. The number of benzene rings is 1. The average Bonchev–Trinajstić information content (AvgIpc) is 2.37. The molecule has 0 aliphatic heterocycles. The predicted molar refractivity (Wildman–Crippen MR) is 70.4 cm³/mol. The summed E-state index contributed by atoms with van der Waals surface area (Å²) < 4.78 is 4.69. The number of hydrogen-bond donors (Lipinski definition) is 3. The third kappa shape index (κ3) is 4.04. The van der Waals surface area contributed by atoms with E-state index in [-0.39, 0.29) is 18.6 Å². The van der Waals surface area contributed by atoms with Crippen LogP contribution in [0.25, 0.3) is 0 Å². The number of carbonyl (C=O) groups excluding carboxylic acids is 1. The maximum atomic E-state index is 11.2. The number of carbonyl (C=O) groups is 2. The summed E-state index contributed by atoms with van der Waals surface area (Å²) in [6.45, 7) is 3.48. The second kappa shape index (κ2) is 7.02. The van der Waals surface area contributed by atoms with Gasteiger partial charge in [0.05, 0.1) is 24.7 Å². The van der Waals surface area contributed by atoms with E-state index in [1.807, 2.05) is 0 Å². The molecular weight excluding hydrogens is 264 g/mol. The minimum atomic E-state index is -1.30. The third-order valence-corrected chi connectivity index (χ3v) is 2.88. The van der Waals surface area contributed by atoms with Crippen LogP contribution in [0.2, 0.25) is 0 Å². The van der Waals surface area contributed by atoms with Crippen molar-refractivity contribution in [1.29, 1.82) is 0 Å². The Hall–Kier alpha value is -1.92. The molecule has 0 aliphatic carbocycles. The number of hydrogen-bond acceptors (Lipinski definition) is 5. The molecule has 0 fully saturated rings. The molecular formula is C14H18O6. The second-order valence-corrected chi connectivity index (χ2v) is 4.40. The first-order valence-electron chi connectivity index (χ1n) is 6.22. The standard InChI is InChI=1S/C14H18O6/c1-3-20-12(16)7-11(15)13(17)10-5-4-9(14(18)19)6-8(10)2/h4-6,11,13,15,17H,3,7H2,1-2H3,(H,18,19). The van der Waals surface area contributed by atoms with E-state index in [4.69, 9.17) is 9.84 Å². The lowest BCUT2D eigenvalue weighted by Crippen LogP contribution is -2.23. The average molecular weight is 282 g/mol. The van der Waals surface area contributed by atoms with E-state index in [1.54, 1.807) is 13.8 Å². The summed E-state index contributed by atoms with van der Waals surface area (Å²) in [5, 5.41) is 28.7. The molecule has 20 heavy (non-hydrogen) atoms. The first kappa shape index (κ1) is 16.1. The predicted octanol–water partition coefficient (Wildman–Crippen LogP) is 1.04. The van der Waals surface area contributed by atoms with Crippen molar-refractivity contribution in [3.8, 4) is 0 Å². The van der Waals surface area contributed by atoms with Gasteiger partial charge >= 0.3 is 11.9 Å². The molecule has 2 atom stereocenters. The summed E-state index contributed by atoms with van der Waals surface area (Å²) in [4.78, 5) is 22.1. The Kier molecular flexibility index (Phi) is 5.66. The van der Waals surface area contributed by atoms with Crippen molar-refractivity contribution in [2.45, 2.75) is 32.5 Å². The van der Waals surface area contributed by atoms with E-state index in [0.29, 0.717) is 11.1 Å². The van der Waals surface area contributed by atoms with Gasteiger partial charge in [-0.2, -0.15) is 0 Å². The quantitative estimate of drug-likeness (QED) is 0.673. The van der Waals surface area contributed by atoms with Crippen molar-refractivity contribution in [2.24, 2.45) is 0 Å². The highest BCUT2D eigenvalue weighted by Gasteiger charge is 2.23. The number of aliphatic hydroxyl groups is 2. The van der Waals surface area contributed by atoms with Gasteiger partial charge in [0.25, 0.3) is 0 Å². The van der Waals surface area contributed by atoms with Crippen LogP contribution in [-0.2, 0) is 9.53 Å². The minimum absolute atomic E-state index is 0.0957. The Labute approximate surface area is 116 Å². The molecule has 0 saturated carbocycles. The maximum Gasteiger partial charge on any atom is 0.335 e. The van der Waals surface area contributed by atoms with Crippen LogP contribution in [0.3, 0.4) is 0 Å². The topological polar surface area (TPSA) is 104 Å². The Bertz CT molecular complexity index is 496. The molecule has 6 nitrogen and oxygen atoms in total. The van der Waals surface area contributed by atoms with Gasteiger partial charge in [-0.25, -0.2) is 4.79 Å². The summed E-state index contributed by atoms with van der Waals surface area (Å²) in [6.07, 6.45) is -2.90. The lowest BCUT2D eigenvalue weighted by Gasteiger charge is -2.19. The molecule has 1 aromatic rings. The fraction of sp³-hybridized carbons (Fsp3) is 0.429. The van der Waals surface area contributed by atoms with Crippen LogP contribution < -0.4 is 0 Å². The van der Waals surface area contributed by atoms with Crippen molar-refractivity contribution < 1.29 is 29.6 Å². The zero-order chi connectivity index (χ0) is 15.3. The van der Waals surface area contributed by atoms with Gasteiger partial charge in [-0.3, -0.25) is 4.79 Å². The molecule has 110 valence electrons. The first-order chi connectivity index (χ1) is 9.36. The summed E-state index contributed by atoms with van der Waals surface area (Å²) in [6, 6.07) is 4.17. The lowest BCUT2D eigenvalue weighted by atomic mass is 9.96. The highest BCUT2D eigenvalue weighted by molar-refractivity contribution is 5.87. The van der Waals surface area contributed by atoms with Crippen LogP contribution in [0.4, 0.5) is 0 Å². The van der Waals surface area contributed by atoms with E-state index < -0.39 is 24.1 Å². The normalized spacial score (nSPS) is 13.6. The molecule has 0 saturated heterocycles. The summed E-state index contributed by atoms with van der Waals surface area (Å²) in [7, 11) is 0. The van der Waals surface area contributed by atoms with E-state index in [2.05, 4.69) is 0 Å². The molecule has 0 amide bonds. The van der Waals surface area contributed by atoms with Crippen LogP contribution in [0.5, 0.6) is 0 Å². The van der Waals surface area contributed by atoms with Gasteiger partial charge in [0, 0.05) is 0 Å². The highest BCUT2D eigenvalue weighted by Crippen LogP contribution is 2.23. The third-order valence-electron chi connectivity index (χ3n) is 2.88. The zero-order valence-corrected chi connectivity index (χ0v) is 11.4. The molecule has 0 heterocycles. The van der Waals surface area contributed by atoms with Gasteiger partial charge < -0.3 is 20.1 Å². The summed E-state index contributed by atoms with van der Waals surface area (Å²) >= 11 is 0. The number of esters is 1. The molecule has 0 aromatic heterocycles. The lowest BCUT2D eigenvalue weighted by molar-refractivity contribution is -0.147. The molecule has 2 unspecified atom stereocenters. The molecule has 6 heteroatoms. The van der Waals surface area contributed by atoms with Gasteiger partial charge in [-0.15, -0.1) is 0 Å². The first-order valence-corrected chi connectivity index (χ1v) is 6.22. The molecule has 0 bridgehead atoms. The Morgan fingerprint density at radius 3 is 2.45 bits per heavy atom. The van der Waals surface area contributed by atoms with Crippen LogP contribution in [-0.4, -0.2) is 40.0 Å². The van der Waals surface area contributed by atoms with Gasteiger partial charge in [0.15, 0.2) is 0 Å². The van der Waals surface area contributed by atoms with Crippen molar-refractivity contribution in [2.75, 3.05) is 6.61 Å². The van der Waals surface area contributed by atoms with Gasteiger partial charge in [-0.05, 0) is 37.1 Å². The largest absolute Gasteiger partial charge is 0.478 e. The SMILES string of the molecule is CCOC(=O)CC(O)C(O)c1ccc(C(=O)O)cc1C. The summed E-state index contributed by atoms with van der Waals surface area (Å²) in [5.74, 6) is -1.67. The molecule has 0 radical (unpaired) electrons. The fourth-order valence-corrected chi connectivity index (χ4v) is 1.85. The van der Waals surface area contributed by atoms with Crippen LogP contribution in [0.15, 0.2) is 18.2 Å².